The van der Waals surface area contributed by atoms with Gasteiger partial charge in [0.1, 0.15) is 0 Å². The van der Waals surface area contributed by atoms with Gasteiger partial charge >= 0.3 is 0 Å². The quantitative estimate of drug-likeness (QED) is 0.717. The Morgan fingerprint density at radius 3 is 2.85 bits per heavy atom. The molecule has 0 aromatic rings. The Balaban J connectivity index is 2.43. The Hall–Kier alpha value is -0.0800. The highest BCUT2D eigenvalue weighted by Gasteiger charge is 2.23. The third kappa shape index (κ3) is 2.96. The van der Waals surface area contributed by atoms with E-state index in [2.05, 4.69) is 31.0 Å². The Morgan fingerprint density at radius 2 is 2.23 bits per heavy atom. The average molecular weight is 184 g/mol. The second kappa shape index (κ2) is 5.61. The van der Waals surface area contributed by atoms with Crippen LogP contribution in [0.15, 0.2) is 0 Å². The van der Waals surface area contributed by atoms with Crippen LogP contribution in [0.5, 0.6) is 0 Å². The van der Waals surface area contributed by atoms with Crippen LogP contribution in [0.1, 0.15) is 40.0 Å². The van der Waals surface area contributed by atoms with Crippen molar-refractivity contribution in [2.24, 2.45) is 0 Å². The number of piperazine rings is 1. The topological polar surface area (TPSA) is 15.3 Å². The van der Waals surface area contributed by atoms with E-state index in [1.807, 2.05) is 0 Å². The third-order valence-electron chi connectivity index (χ3n) is 3.14. The molecule has 2 nitrogen and oxygen atoms in total. The molecule has 1 saturated heterocycles. The zero-order valence-corrected chi connectivity index (χ0v) is 9.34. The van der Waals surface area contributed by atoms with Crippen LogP contribution in [-0.2, 0) is 0 Å². The van der Waals surface area contributed by atoms with Crippen molar-refractivity contribution in [3.63, 3.8) is 0 Å². The highest BCUT2D eigenvalue weighted by molar-refractivity contribution is 4.82. The molecule has 0 aromatic heterocycles. The molecule has 1 fully saturated rings. The van der Waals surface area contributed by atoms with Crippen molar-refractivity contribution in [2.75, 3.05) is 19.6 Å². The molecule has 0 spiro atoms. The van der Waals surface area contributed by atoms with Crippen LogP contribution >= 0.6 is 0 Å². The Kier molecular flexibility index (Phi) is 4.74. The van der Waals surface area contributed by atoms with Crippen molar-refractivity contribution in [3.8, 4) is 0 Å². The maximum absolute atomic E-state index is 3.47. The highest BCUT2D eigenvalue weighted by atomic mass is 15.2. The van der Waals surface area contributed by atoms with E-state index in [1.165, 1.54) is 38.9 Å². The largest absolute Gasteiger partial charge is 0.314 e. The van der Waals surface area contributed by atoms with Crippen molar-refractivity contribution in [1.82, 2.24) is 10.2 Å². The fourth-order valence-corrected chi connectivity index (χ4v) is 2.32. The molecule has 0 aliphatic carbocycles. The first-order valence-electron chi connectivity index (χ1n) is 5.76. The molecule has 2 heteroatoms. The highest BCUT2D eigenvalue weighted by Crippen LogP contribution is 2.14. The summed E-state index contributed by atoms with van der Waals surface area (Å²) in [5.41, 5.74) is 0. The first-order chi connectivity index (χ1) is 6.29. The summed E-state index contributed by atoms with van der Waals surface area (Å²) in [4.78, 5) is 2.68. The fourth-order valence-electron chi connectivity index (χ4n) is 2.32. The van der Waals surface area contributed by atoms with Gasteiger partial charge in [0.15, 0.2) is 0 Å². The first kappa shape index (κ1) is 11.0. The number of nitrogens with one attached hydrogen (secondary N) is 1. The van der Waals surface area contributed by atoms with E-state index in [0.29, 0.717) is 0 Å². The van der Waals surface area contributed by atoms with E-state index in [-0.39, 0.29) is 0 Å². The Morgan fingerprint density at radius 1 is 1.46 bits per heavy atom. The number of hydrogen-bond donors (Lipinski definition) is 1. The second-order valence-electron chi connectivity index (χ2n) is 4.14. The molecular formula is C11H24N2. The van der Waals surface area contributed by atoms with E-state index in [4.69, 9.17) is 0 Å². The summed E-state index contributed by atoms with van der Waals surface area (Å²) in [6, 6.07) is 1.55. The van der Waals surface area contributed by atoms with E-state index in [1.54, 1.807) is 0 Å². The van der Waals surface area contributed by atoms with Gasteiger partial charge < -0.3 is 5.32 Å². The van der Waals surface area contributed by atoms with Crippen LogP contribution in [0.4, 0.5) is 0 Å². The van der Waals surface area contributed by atoms with E-state index < -0.39 is 0 Å². The Bertz CT molecular complexity index is 136. The number of rotatable bonds is 4. The smallest absolute Gasteiger partial charge is 0.0221 e. The van der Waals surface area contributed by atoms with Crippen molar-refractivity contribution < 1.29 is 0 Å². The molecule has 78 valence electrons. The standard InChI is InChI=1S/C11H24N2/c1-4-6-10(3)13-8-7-12-9-11(13)5-2/h10-12H,4-9H2,1-3H3. The summed E-state index contributed by atoms with van der Waals surface area (Å²) in [5.74, 6) is 0. The summed E-state index contributed by atoms with van der Waals surface area (Å²) in [6.07, 6.45) is 3.93. The normalized spacial score (nSPS) is 27.5. The van der Waals surface area contributed by atoms with Gasteiger partial charge in [-0.15, -0.1) is 0 Å². The van der Waals surface area contributed by atoms with Crippen LogP contribution in [-0.4, -0.2) is 36.6 Å². The minimum absolute atomic E-state index is 0.773. The molecule has 2 atom stereocenters. The van der Waals surface area contributed by atoms with Gasteiger partial charge in [0.2, 0.25) is 0 Å². The SMILES string of the molecule is CCCC(C)N1CCNCC1CC. The van der Waals surface area contributed by atoms with Crippen LogP contribution in [0, 0.1) is 0 Å². The molecule has 0 aromatic carbocycles. The van der Waals surface area contributed by atoms with Crippen molar-refractivity contribution in [1.29, 1.82) is 0 Å². The molecule has 0 saturated carbocycles. The third-order valence-corrected chi connectivity index (χ3v) is 3.14. The van der Waals surface area contributed by atoms with Gasteiger partial charge in [-0.3, -0.25) is 4.90 Å². The van der Waals surface area contributed by atoms with Gasteiger partial charge in [-0.05, 0) is 19.8 Å². The lowest BCUT2D eigenvalue weighted by molar-refractivity contribution is 0.106. The molecular weight excluding hydrogens is 160 g/mol. The molecule has 13 heavy (non-hydrogen) atoms. The molecule has 1 rings (SSSR count). The van der Waals surface area contributed by atoms with Crippen molar-refractivity contribution >= 4 is 0 Å². The maximum Gasteiger partial charge on any atom is 0.0221 e. The van der Waals surface area contributed by atoms with Gasteiger partial charge in [0.05, 0.1) is 0 Å². The monoisotopic (exact) mass is 184 g/mol. The number of hydrogen-bond acceptors (Lipinski definition) is 2. The molecule has 1 aliphatic rings. The molecule has 1 heterocycles. The maximum atomic E-state index is 3.47. The molecule has 1 N–H and O–H groups in total. The lowest BCUT2D eigenvalue weighted by Gasteiger charge is -2.40. The minimum Gasteiger partial charge on any atom is -0.314 e. The fraction of sp³-hybridized carbons (Fsp3) is 1.00. The molecule has 2 unspecified atom stereocenters. The molecule has 0 bridgehead atoms. The van der Waals surface area contributed by atoms with Crippen LogP contribution in [0.25, 0.3) is 0 Å². The second-order valence-corrected chi connectivity index (χ2v) is 4.14. The average Bonchev–Trinajstić information content (AvgIpc) is 2.18. The molecule has 0 amide bonds. The zero-order chi connectivity index (χ0) is 9.68. The van der Waals surface area contributed by atoms with Gasteiger partial charge in [0, 0.05) is 31.7 Å². The van der Waals surface area contributed by atoms with Crippen LogP contribution in [0.2, 0.25) is 0 Å². The zero-order valence-electron chi connectivity index (χ0n) is 9.34. The van der Waals surface area contributed by atoms with Crippen LogP contribution in [0.3, 0.4) is 0 Å². The minimum atomic E-state index is 0.773. The Labute approximate surface area is 82.7 Å². The lowest BCUT2D eigenvalue weighted by atomic mass is 10.1. The summed E-state index contributed by atoms with van der Waals surface area (Å²) in [7, 11) is 0. The van der Waals surface area contributed by atoms with Gasteiger partial charge in [0.25, 0.3) is 0 Å². The number of nitrogens with zero attached hydrogens (tertiary/aromatic N) is 1. The first-order valence-corrected chi connectivity index (χ1v) is 5.76. The van der Waals surface area contributed by atoms with Gasteiger partial charge in [-0.1, -0.05) is 20.3 Å². The van der Waals surface area contributed by atoms with E-state index in [0.717, 1.165) is 12.1 Å². The predicted octanol–water partition coefficient (Wildman–Crippen LogP) is 1.86. The predicted molar refractivity (Wildman–Crippen MR) is 58.0 cm³/mol. The summed E-state index contributed by atoms with van der Waals surface area (Å²) >= 11 is 0. The lowest BCUT2D eigenvalue weighted by Crippen LogP contribution is -2.54. The molecule has 0 radical (unpaired) electrons. The van der Waals surface area contributed by atoms with E-state index in [9.17, 15) is 0 Å². The van der Waals surface area contributed by atoms with Crippen molar-refractivity contribution in [2.45, 2.75) is 52.1 Å². The van der Waals surface area contributed by atoms with Crippen molar-refractivity contribution in [3.05, 3.63) is 0 Å². The van der Waals surface area contributed by atoms with E-state index >= 15 is 0 Å². The van der Waals surface area contributed by atoms with Crippen LogP contribution < -0.4 is 5.32 Å². The van der Waals surface area contributed by atoms with Gasteiger partial charge in [-0.2, -0.15) is 0 Å². The summed E-state index contributed by atoms with van der Waals surface area (Å²) < 4.78 is 0. The van der Waals surface area contributed by atoms with Gasteiger partial charge in [-0.25, -0.2) is 0 Å². The molecule has 1 aliphatic heterocycles. The summed E-state index contributed by atoms with van der Waals surface area (Å²) in [5, 5.41) is 3.47. The summed E-state index contributed by atoms with van der Waals surface area (Å²) in [6.45, 7) is 10.5.